The van der Waals surface area contributed by atoms with Crippen LogP contribution in [0.5, 0.6) is 0 Å². The van der Waals surface area contributed by atoms with E-state index in [2.05, 4.69) is 6.58 Å². The maximum atomic E-state index is 14.0. The molecule has 5 rings (SSSR count). The molecule has 2 aromatic rings. The molecule has 0 bridgehead atoms. The van der Waals surface area contributed by atoms with Crippen molar-refractivity contribution >= 4 is 23.8 Å². The molecule has 2 amide bonds. The van der Waals surface area contributed by atoms with Crippen molar-refractivity contribution < 1.29 is 27.5 Å². The van der Waals surface area contributed by atoms with Gasteiger partial charge < -0.3 is 19.1 Å². The monoisotopic (exact) mass is 530 g/mol. The molecular formula is C28H33F3N4O3. The van der Waals surface area contributed by atoms with Gasteiger partial charge in [0.1, 0.15) is 11.2 Å². The molecule has 0 N–H and O–H groups in total. The molecular weight excluding hydrogens is 497 g/mol. The molecule has 1 saturated heterocycles. The van der Waals surface area contributed by atoms with Crippen LogP contribution >= 0.6 is 0 Å². The average molecular weight is 531 g/mol. The minimum Gasteiger partial charge on any atom is -0.447 e. The zero-order chi connectivity index (χ0) is 27.2. The number of carbonyl (C=O) groups excluding carboxylic acids is 2. The number of nitrogens with zero attached hydrogens (tertiary/aromatic N) is 4. The van der Waals surface area contributed by atoms with Gasteiger partial charge in [0.15, 0.2) is 0 Å². The first-order valence-corrected chi connectivity index (χ1v) is 13.2. The van der Waals surface area contributed by atoms with Crippen LogP contribution in [0.1, 0.15) is 67.9 Å². The Morgan fingerprint density at radius 1 is 1.24 bits per heavy atom. The van der Waals surface area contributed by atoms with E-state index in [9.17, 15) is 22.8 Å². The van der Waals surface area contributed by atoms with Crippen molar-refractivity contribution in [2.75, 3.05) is 18.0 Å². The fraction of sp³-hybridized carbons (Fsp3) is 0.536. The standard InChI is InChI=1S/C28H33F3N4O3/c1-4-19-10-11-22-20(14-19)27(16-33(17-27)26(37)38-18(2)3)25(36)35(22)15-24-32-21-8-5-6-9-23(21)34(24)13-7-12-28(29,30)31/h4,10-11,14,18H,1,5-9,12-13,15-17H2,2-3H3. The van der Waals surface area contributed by atoms with Gasteiger partial charge in [0.25, 0.3) is 0 Å². The lowest BCUT2D eigenvalue weighted by Gasteiger charge is -2.46. The Hall–Kier alpha value is -3.30. The van der Waals surface area contributed by atoms with E-state index in [4.69, 9.17) is 9.72 Å². The zero-order valence-electron chi connectivity index (χ0n) is 21.8. The van der Waals surface area contributed by atoms with Gasteiger partial charge in [-0.15, -0.1) is 0 Å². The fourth-order valence-electron chi connectivity index (χ4n) is 5.88. The number of hydrogen-bond donors (Lipinski definition) is 0. The van der Waals surface area contributed by atoms with E-state index in [1.807, 2.05) is 22.8 Å². The Labute approximate surface area is 220 Å². The third-order valence-electron chi connectivity index (χ3n) is 7.69. The largest absolute Gasteiger partial charge is 0.447 e. The second-order valence-corrected chi connectivity index (χ2v) is 10.7. The Kier molecular flexibility index (Phi) is 6.77. The summed E-state index contributed by atoms with van der Waals surface area (Å²) in [6.45, 7) is 8.18. The van der Waals surface area contributed by atoms with Gasteiger partial charge in [0.2, 0.25) is 5.91 Å². The summed E-state index contributed by atoms with van der Waals surface area (Å²) in [6, 6.07) is 5.70. The lowest BCUT2D eigenvalue weighted by Crippen LogP contribution is -2.65. The zero-order valence-corrected chi connectivity index (χ0v) is 21.8. The predicted molar refractivity (Wildman–Crippen MR) is 137 cm³/mol. The molecule has 1 fully saturated rings. The van der Waals surface area contributed by atoms with Crippen LogP contribution in [-0.4, -0.2) is 51.8 Å². The number of hydrogen-bond acceptors (Lipinski definition) is 4. The van der Waals surface area contributed by atoms with Crippen molar-refractivity contribution in [2.45, 2.75) is 83.2 Å². The molecule has 3 heterocycles. The number of benzene rings is 1. The summed E-state index contributed by atoms with van der Waals surface area (Å²) in [4.78, 5) is 34.5. The molecule has 1 spiro atoms. The van der Waals surface area contributed by atoms with E-state index in [1.165, 1.54) is 4.90 Å². The summed E-state index contributed by atoms with van der Waals surface area (Å²) in [7, 11) is 0. The van der Waals surface area contributed by atoms with Gasteiger partial charge in [-0.2, -0.15) is 13.2 Å². The minimum atomic E-state index is -4.22. The van der Waals surface area contributed by atoms with Crippen LogP contribution in [0.25, 0.3) is 6.08 Å². The molecule has 10 heteroatoms. The van der Waals surface area contributed by atoms with Gasteiger partial charge >= 0.3 is 12.3 Å². The number of amides is 2. The number of imidazole rings is 1. The van der Waals surface area contributed by atoms with Crippen molar-refractivity contribution in [2.24, 2.45) is 0 Å². The first kappa shape index (κ1) is 26.3. The SMILES string of the molecule is C=Cc1ccc2c(c1)C1(CN(C(=O)OC(C)C)C1)C(=O)N2Cc1nc2c(n1CCCC(F)(F)F)CCCC2. The molecule has 1 aliphatic carbocycles. The highest BCUT2D eigenvalue weighted by Crippen LogP contribution is 2.48. The Bertz CT molecular complexity index is 1260. The first-order chi connectivity index (χ1) is 18.0. The van der Waals surface area contributed by atoms with Crippen molar-refractivity contribution in [3.05, 3.63) is 53.1 Å². The van der Waals surface area contributed by atoms with Crippen molar-refractivity contribution in [3.8, 4) is 0 Å². The van der Waals surface area contributed by atoms with Crippen LogP contribution in [-0.2, 0) is 40.9 Å². The second kappa shape index (κ2) is 9.78. The highest BCUT2D eigenvalue weighted by molar-refractivity contribution is 6.10. The van der Waals surface area contributed by atoms with Crippen LogP contribution < -0.4 is 4.90 Å². The Morgan fingerprint density at radius 2 is 1.97 bits per heavy atom. The Morgan fingerprint density at radius 3 is 2.66 bits per heavy atom. The molecule has 38 heavy (non-hydrogen) atoms. The number of likely N-dealkylation sites (tertiary alicyclic amines) is 1. The third kappa shape index (κ3) is 4.69. The molecule has 0 atom stereocenters. The van der Waals surface area contributed by atoms with Crippen LogP contribution in [0, 0.1) is 0 Å². The molecule has 1 aromatic heterocycles. The molecule has 7 nitrogen and oxygen atoms in total. The quantitative estimate of drug-likeness (QED) is 0.481. The van der Waals surface area contributed by atoms with Gasteiger partial charge in [-0.1, -0.05) is 18.7 Å². The lowest BCUT2D eigenvalue weighted by molar-refractivity contribution is -0.136. The summed E-state index contributed by atoms with van der Waals surface area (Å²) in [6.07, 6.45) is -0.589. The van der Waals surface area contributed by atoms with Gasteiger partial charge in [-0.25, -0.2) is 9.78 Å². The van der Waals surface area contributed by atoms with E-state index >= 15 is 0 Å². The van der Waals surface area contributed by atoms with Gasteiger partial charge in [0, 0.05) is 37.4 Å². The number of anilines is 1. The average Bonchev–Trinajstić information content (AvgIpc) is 3.29. The summed E-state index contributed by atoms with van der Waals surface area (Å²) in [5.74, 6) is 0.476. The van der Waals surface area contributed by atoms with Crippen LogP contribution in [0.2, 0.25) is 0 Å². The lowest BCUT2D eigenvalue weighted by atomic mass is 9.74. The number of fused-ring (bicyclic) bond motifs is 3. The minimum absolute atomic E-state index is 0.0383. The van der Waals surface area contributed by atoms with E-state index in [0.29, 0.717) is 5.82 Å². The maximum Gasteiger partial charge on any atom is 0.410 e. The maximum absolute atomic E-state index is 14.0. The molecule has 0 unspecified atom stereocenters. The molecule has 0 saturated carbocycles. The number of alkyl halides is 3. The van der Waals surface area contributed by atoms with Crippen LogP contribution in [0.15, 0.2) is 24.8 Å². The molecule has 1 aromatic carbocycles. The normalized spacial score (nSPS) is 18.0. The second-order valence-electron chi connectivity index (χ2n) is 10.7. The predicted octanol–water partition coefficient (Wildman–Crippen LogP) is 5.39. The summed E-state index contributed by atoms with van der Waals surface area (Å²) >= 11 is 0. The van der Waals surface area contributed by atoms with Crippen molar-refractivity contribution in [1.29, 1.82) is 0 Å². The molecule has 204 valence electrons. The number of rotatable bonds is 7. The Balaban J connectivity index is 1.45. The molecule has 3 aliphatic rings. The van der Waals surface area contributed by atoms with Crippen molar-refractivity contribution in [3.63, 3.8) is 0 Å². The number of aryl methyl sites for hydroxylation is 1. The number of ether oxygens (including phenoxy) is 1. The summed E-state index contributed by atoms with van der Waals surface area (Å²) in [5.41, 5.74) is 3.45. The summed E-state index contributed by atoms with van der Waals surface area (Å²) in [5, 5.41) is 0. The van der Waals surface area contributed by atoms with E-state index in [0.717, 1.165) is 53.9 Å². The van der Waals surface area contributed by atoms with Crippen LogP contribution in [0.4, 0.5) is 23.7 Å². The summed E-state index contributed by atoms with van der Waals surface area (Å²) < 4.78 is 45.9. The van der Waals surface area contributed by atoms with Crippen LogP contribution in [0.3, 0.4) is 0 Å². The number of halogens is 3. The van der Waals surface area contributed by atoms with E-state index < -0.39 is 24.1 Å². The highest BCUT2D eigenvalue weighted by atomic mass is 19.4. The van der Waals surface area contributed by atoms with Gasteiger partial charge in [-0.3, -0.25) is 4.79 Å². The topological polar surface area (TPSA) is 67.7 Å². The smallest absolute Gasteiger partial charge is 0.410 e. The van der Waals surface area contributed by atoms with E-state index in [-0.39, 0.29) is 44.6 Å². The third-order valence-corrected chi connectivity index (χ3v) is 7.69. The number of carbonyl (C=O) groups is 2. The highest BCUT2D eigenvalue weighted by Gasteiger charge is 2.59. The van der Waals surface area contributed by atoms with Gasteiger partial charge in [-0.05, 0) is 69.2 Å². The van der Waals surface area contributed by atoms with E-state index in [1.54, 1.807) is 24.8 Å². The molecule has 2 aliphatic heterocycles. The molecule has 0 radical (unpaired) electrons. The number of aromatic nitrogens is 2. The van der Waals surface area contributed by atoms with Crippen molar-refractivity contribution in [1.82, 2.24) is 14.5 Å². The van der Waals surface area contributed by atoms with Gasteiger partial charge in [0.05, 0.1) is 18.3 Å². The first-order valence-electron chi connectivity index (χ1n) is 13.2. The fourth-order valence-corrected chi connectivity index (χ4v) is 5.88.